The largest absolute Gasteiger partial charge is 0.416 e. The molecule has 142 valence electrons. The van der Waals surface area contributed by atoms with E-state index in [1.165, 1.54) is 6.07 Å². The SMILES string of the molecule is CCNC(=NCc1cccc(C(F)(F)F)c1)NCC1CCCC1O.I. The Morgan fingerprint density at radius 3 is 2.64 bits per heavy atom. The van der Waals surface area contributed by atoms with E-state index in [0.29, 0.717) is 24.6 Å². The first kappa shape index (κ1) is 22.0. The number of rotatable bonds is 5. The third-order valence-electron chi connectivity index (χ3n) is 4.17. The van der Waals surface area contributed by atoms with E-state index in [4.69, 9.17) is 0 Å². The van der Waals surface area contributed by atoms with Gasteiger partial charge in [-0.2, -0.15) is 13.2 Å². The maximum absolute atomic E-state index is 12.7. The fourth-order valence-corrected chi connectivity index (χ4v) is 2.84. The predicted molar refractivity (Wildman–Crippen MR) is 103 cm³/mol. The topological polar surface area (TPSA) is 56.7 Å². The number of alkyl halides is 3. The van der Waals surface area contributed by atoms with Crippen LogP contribution in [0.3, 0.4) is 0 Å². The molecule has 0 bridgehead atoms. The van der Waals surface area contributed by atoms with Crippen LogP contribution >= 0.6 is 24.0 Å². The smallest absolute Gasteiger partial charge is 0.393 e. The van der Waals surface area contributed by atoms with Gasteiger partial charge in [-0.3, -0.25) is 0 Å². The van der Waals surface area contributed by atoms with E-state index < -0.39 is 11.7 Å². The molecule has 0 saturated heterocycles. The summed E-state index contributed by atoms with van der Waals surface area (Å²) in [6.07, 6.45) is -1.82. The number of aliphatic hydroxyl groups excluding tert-OH is 1. The van der Waals surface area contributed by atoms with Crippen molar-refractivity contribution in [3.8, 4) is 0 Å². The molecule has 8 heteroatoms. The Labute approximate surface area is 163 Å². The average Bonchev–Trinajstić information content (AvgIpc) is 2.95. The molecule has 1 aromatic carbocycles. The zero-order chi connectivity index (χ0) is 17.6. The zero-order valence-corrected chi connectivity index (χ0v) is 16.5. The quantitative estimate of drug-likeness (QED) is 0.350. The highest BCUT2D eigenvalue weighted by atomic mass is 127. The number of aliphatic hydroxyl groups is 1. The molecule has 0 aliphatic heterocycles. The van der Waals surface area contributed by atoms with Crippen molar-refractivity contribution >= 4 is 29.9 Å². The third-order valence-corrected chi connectivity index (χ3v) is 4.17. The van der Waals surface area contributed by atoms with Gasteiger partial charge in [-0.1, -0.05) is 18.6 Å². The van der Waals surface area contributed by atoms with Crippen LogP contribution in [-0.4, -0.2) is 30.3 Å². The van der Waals surface area contributed by atoms with Crippen LogP contribution in [0.15, 0.2) is 29.3 Å². The molecule has 0 spiro atoms. The van der Waals surface area contributed by atoms with E-state index >= 15 is 0 Å². The van der Waals surface area contributed by atoms with Crippen molar-refractivity contribution in [3.63, 3.8) is 0 Å². The Hall–Kier alpha value is -1.03. The molecule has 2 unspecified atom stereocenters. The minimum Gasteiger partial charge on any atom is -0.393 e. The van der Waals surface area contributed by atoms with Gasteiger partial charge in [-0.05, 0) is 37.5 Å². The fourth-order valence-electron chi connectivity index (χ4n) is 2.84. The maximum atomic E-state index is 12.7. The molecule has 1 aliphatic rings. The Balaban J connectivity index is 0.00000312. The number of halogens is 4. The summed E-state index contributed by atoms with van der Waals surface area (Å²) in [7, 11) is 0. The van der Waals surface area contributed by atoms with Crippen molar-refractivity contribution in [1.82, 2.24) is 10.6 Å². The van der Waals surface area contributed by atoms with Gasteiger partial charge >= 0.3 is 6.18 Å². The van der Waals surface area contributed by atoms with Crippen LogP contribution < -0.4 is 10.6 Å². The molecular formula is C17H25F3IN3O. The number of nitrogens with zero attached hydrogens (tertiary/aromatic N) is 1. The third kappa shape index (κ3) is 7.01. The minimum absolute atomic E-state index is 0. The summed E-state index contributed by atoms with van der Waals surface area (Å²) in [6.45, 7) is 3.34. The predicted octanol–water partition coefficient (Wildman–Crippen LogP) is 3.54. The first-order valence-electron chi connectivity index (χ1n) is 8.26. The number of hydrogen-bond donors (Lipinski definition) is 3. The first-order valence-corrected chi connectivity index (χ1v) is 8.26. The molecule has 1 saturated carbocycles. The van der Waals surface area contributed by atoms with E-state index in [1.807, 2.05) is 6.92 Å². The van der Waals surface area contributed by atoms with Crippen LogP contribution in [0.4, 0.5) is 13.2 Å². The molecule has 1 aliphatic carbocycles. The van der Waals surface area contributed by atoms with Gasteiger partial charge in [0.25, 0.3) is 0 Å². The highest BCUT2D eigenvalue weighted by Gasteiger charge is 2.30. The molecule has 0 radical (unpaired) electrons. The second-order valence-electron chi connectivity index (χ2n) is 6.03. The number of aliphatic imine (C=N–C) groups is 1. The van der Waals surface area contributed by atoms with E-state index in [0.717, 1.165) is 31.4 Å². The normalized spacial score (nSPS) is 20.9. The molecule has 0 heterocycles. The highest BCUT2D eigenvalue weighted by molar-refractivity contribution is 14.0. The van der Waals surface area contributed by atoms with Crippen LogP contribution in [0.2, 0.25) is 0 Å². The number of guanidine groups is 1. The van der Waals surface area contributed by atoms with Gasteiger partial charge in [0.05, 0.1) is 18.2 Å². The summed E-state index contributed by atoms with van der Waals surface area (Å²) in [4.78, 5) is 4.34. The summed E-state index contributed by atoms with van der Waals surface area (Å²) in [5.41, 5.74) is -0.162. The molecule has 2 rings (SSSR count). The van der Waals surface area contributed by atoms with Crippen molar-refractivity contribution in [2.45, 2.75) is 45.0 Å². The summed E-state index contributed by atoms with van der Waals surface area (Å²) < 4.78 is 38.2. The van der Waals surface area contributed by atoms with Crippen LogP contribution in [0.25, 0.3) is 0 Å². The highest BCUT2D eigenvalue weighted by Crippen LogP contribution is 2.29. The number of nitrogens with one attached hydrogen (secondary N) is 2. The summed E-state index contributed by atoms with van der Waals surface area (Å²) >= 11 is 0. The lowest BCUT2D eigenvalue weighted by Crippen LogP contribution is -2.41. The molecule has 2 atom stereocenters. The van der Waals surface area contributed by atoms with Gasteiger partial charge in [-0.15, -0.1) is 24.0 Å². The van der Waals surface area contributed by atoms with E-state index in [9.17, 15) is 18.3 Å². The lowest BCUT2D eigenvalue weighted by Gasteiger charge is -2.17. The van der Waals surface area contributed by atoms with Crippen molar-refractivity contribution in [2.75, 3.05) is 13.1 Å². The van der Waals surface area contributed by atoms with Gasteiger partial charge in [-0.25, -0.2) is 4.99 Å². The van der Waals surface area contributed by atoms with Crippen molar-refractivity contribution in [2.24, 2.45) is 10.9 Å². The Morgan fingerprint density at radius 1 is 1.28 bits per heavy atom. The van der Waals surface area contributed by atoms with Crippen molar-refractivity contribution in [1.29, 1.82) is 0 Å². The van der Waals surface area contributed by atoms with Gasteiger partial charge in [0.15, 0.2) is 5.96 Å². The lowest BCUT2D eigenvalue weighted by molar-refractivity contribution is -0.137. The molecule has 3 N–H and O–H groups in total. The van der Waals surface area contributed by atoms with E-state index in [2.05, 4.69) is 15.6 Å². The van der Waals surface area contributed by atoms with Gasteiger partial charge in [0.2, 0.25) is 0 Å². The summed E-state index contributed by atoms with van der Waals surface area (Å²) in [6, 6.07) is 5.19. The number of benzene rings is 1. The van der Waals surface area contributed by atoms with Gasteiger partial charge < -0.3 is 15.7 Å². The van der Waals surface area contributed by atoms with Crippen LogP contribution in [0.1, 0.15) is 37.3 Å². The Kier molecular flexibility index (Phi) is 8.98. The van der Waals surface area contributed by atoms with Gasteiger partial charge in [0.1, 0.15) is 0 Å². The Morgan fingerprint density at radius 2 is 2.04 bits per heavy atom. The Bertz CT molecular complexity index is 566. The number of hydrogen-bond acceptors (Lipinski definition) is 2. The monoisotopic (exact) mass is 471 g/mol. The molecule has 1 fully saturated rings. The lowest BCUT2D eigenvalue weighted by atomic mass is 10.1. The van der Waals surface area contributed by atoms with Crippen molar-refractivity contribution < 1.29 is 18.3 Å². The van der Waals surface area contributed by atoms with E-state index in [-0.39, 0.29) is 42.5 Å². The molecule has 25 heavy (non-hydrogen) atoms. The first-order chi connectivity index (χ1) is 11.4. The standard InChI is InChI=1S/C17H24F3N3O.HI/c1-2-21-16(23-11-13-6-4-8-15(13)24)22-10-12-5-3-7-14(9-12)17(18,19)20;/h3,5,7,9,13,15,24H,2,4,6,8,10-11H2,1H3,(H2,21,22,23);1H. The summed E-state index contributed by atoms with van der Waals surface area (Å²) in [5, 5.41) is 16.1. The zero-order valence-electron chi connectivity index (χ0n) is 14.1. The van der Waals surface area contributed by atoms with Crippen LogP contribution in [0, 0.1) is 5.92 Å². The fraction of sp³-hybridized carbons (Fsp3) is 0.588. The summed E-state index contributed by atoms with van der Waals surface area (Å²) in [5.74, 6) is 0.747. The average molecular weight is 471 g/mol. The molecule has 4 nitrogen and oxygen atoms in total. The maximum Gasteiger partial charge on any atom is 0.416 e. The van der Waals surface area contributed by atoms with Crippen molar-refractivity contribution in [3.05, 3.63) is 35.4 Å². The second-order valence-corrected chi connectivity index (χ2v) is 6.03. The minimum atomic E-state index is -4.35. The molecule has 0 amide bonds. The van der Waals surface area contributed by atoms with E-state index in [1.54, 1.807) is 6.07 Å². The molecule has 1 aromatic rings. The van der Waals surface area contributed by atoms with Crippen LogP contribution in [-0.2, 0) is 12.7 Å². The van der Waals surface area contributed by atoms with Crippen LogP contribution in [0.5, 0.6) is 0 Å². The van der Waals surface area contributed by atoms with Gasteiger partial charge in [0, 0.05) is 19.0 Å². The second kappa shape index (κ2) is 10.2. The molecule has 0 aromatic heterocycles. The molecular weight excluding hydrogens is 446 g/mol.